The van der Waals surface area contributed by atoms with E-state index in [1.165, 1.54) is 41.7 Å². The lowest BCUT2D eigenvalue weighted by Gasteiger charge is -2.21. The van der Waals surface area contributed by atoms with Crippen LogP contribution in [0.4, 0.5) is 5.69 Å². The van der Waals surface area contributed by atoms with Crippen LogP contribution in [0.5, 0.6) is 0 Å². The molecule has 2 heterocycles. The molecule has 2 N–H and O–H groups in total. The highest BCUT2D eigenvalue weighted by Gasteiger charge is 2.20. The second-order valence-electron chi connectivity index (χ2n) is 9.59. The van der Waals surface area contributed by atoms with Gasteiger partial charge in [0.2, 0.25) is 11.8 Å². The topological polar surface area (TPSA) is 127 Å². The van der Waals surface area contributed by atoms with Gasteiger partial charge in [0.25, 0.3) is 5.69 Å². The third kappa shape index (κ3) is 7.04. The minimum atomic E-state index is -0.969. The molecule has 0 radical (unpaired) electrons. The number of hydrogen-bond acceptors (Lipinski definition) is 8. The van der Waals surface area contributed by atoms with Gasteiger partial charge in [-0.3, -0.25) is 19.7 Å². The number of nitro benzene ring substituents is 1. The molecule has 0 aliphatic carbocycles. The number of nitro groups is 1. The van der Waals surface area contributed by atoms with E-state index in [4.69, 9.17) is 0 Å². The normalized spacial score (nSPS) is 11.1. The molecule has 5 rings (SSSR count). The summed E-state index contributed by atoms with van der Waals surface area (Å²) in [5.41, 5.74) is 4.04. The molecule has 11 heteroatoms. The van der Waals surface area contributed by atoms with Crippen molar-refractivity contribution in [3.63, 3.8) is 0 Å². The van der Waals surface area contributed by atoms with Gasteiger partial charge in [0.05, 0.1) is 37.5 Å². The number of pyridine rings is 2. The van der Waals surface area contributed by atoms with E-state index in [1.54, 1.807) is 6.07 Å². The molecule has 0 aliphatic heterocycles. The number of hydrogen-bond donors (Lipinski definition) is 2. The predicted molar refractivity (Wildman–Crippen MR) is 167 cm³/mol. The van der Waals surface area contributed by atoms with Crippen LogP contribution in [-0.2, 0) is 9.59 Å². The van der Waals surface area contributed by atoms with Gasteiger partial charge in [0.1, 0.15) is 6.17 Å². The lowest BCUT2D eigenvalue weighted by Crippen LogP contribution is -2.42. The zero-order valence-electron chi connectivity index (χ0n) is 22.9. The number of aryl methyl sites for hydroxylation is 2. The summed E-state index contributed by atoms with van der Waals surface area (Å²) in [7, 11) is 0. The first kappa shape index (κ1) is 29.0. The summed E-state index contributed by atoms with van der Waals surface area (Å²) in [5, 5.41) is 20.5. The van der Waals surface area contributed by atoms with Crippen LogP contribution in [0.3, 0.4) is 0 Å². The Kier molecular flexibility index (Phi) is 8.99. The van der Waals surface area contributed by atoms with Gasteiger partial charge in [0, 0.05) is 28.5 Å². The third-order valence-corrected chi connectivity index (χ3v) is 8.35. The SMILES string of the molecule is Cc1cc(SCC(=O)NC(NC(=O)CSc2cc(C)c3ccccc3n2)c2cccc([N+](=O)[O-])c2)nc2ccccc12. The van der Waals surface area contributed by atoms with Crippen LogP contribution in [0.25, 0.3) is 21.8 Å². The molecule has 0 spiro atoms. The number of amides is 2. The minimum absolute atomic E-state index is 0.0428. The maximum absolute atomic E-state index is 13.0. The number of nitrogens with one attached hydrogen (secondary N) is 2. The van der Waals surface area contributed by atoms with Gasteiger partial charge < -0.3 is 10.6 Å². The zero-order chi connectivity index (χ0) is 29.6. The molecule has 0 aliphatic rings. The van der Waals surface area contributed by atoms with Gasteiger partial charge in [-0.05, 0) is 49.2 Å². The van der Waals surface area contributed by atoms with Gasteiger partial charge in [-0.25, -0.2) is 9.97 Å². The Bertz CT molecular complexity index is 1710. The number of carbonyl (C=O) groups excluding carboxylic acids is 2. The van der Waals surface area contributed by atoms with E-state index in [9.17, 15) is 19.7 Å². The van der Waals surface area contributed by atoms with Crippen molar-refractivity contribution >= 4 is 62.8 Å². The highest BCUT2D eigenvalue weighted by atomic mass is 32.2. The molecular formula is C31H27N5O4S2. The number of rotatable bonds is 10. The van der Waals surface area contributed by atoms with Crippen LogP contribution in [0.2, 0.25) is 0 Å². The number of para-hydroxylation sites is 2. The molecule has 9 nitrogen and oxygen atoms in total. The lowest BCUT2D eigenvalue weighted by atomic mass is 10.1. The fourth-order valence-electron chi connectivity index (χ4n) is 4.49. The summed E-state index contributed by atoms with van der Waals surface area (Å²) in [6.07, 6.45) is -0.969. The molecular weight excluding hydrogens is 571 g/mol. The first-order chi connectivity index (χ1) is 20.3. The van der Waals surface area contributed by atoms with E-state index in [0.717, 1.165) is 32.9 Å². The Morgan fingerprint density at radius 3 is 1.76 bits per heavy atom. The molecule has 0 saturated carbocycles. The monoisotopic (exact) mass is 597 g/mol. The summed E-state index contributed by atoms with van der Waals surface area (Å²) in [6, 6.07) is 25.3. The summed E-state index contributed by atoms with van der Waals surface area (Å²) in [5.74, 6) is -0.629. The molecule has 0 fully saturated rings. The average Bonchev–Trinajstić information content (AvgIpc) is 2.99. The van der Waals surface area contributed by atoms with Crippen molar-refractivity contribution < 1.29 is 14.5 Å². The van der Waals surface area contributed by atoms with Crippen molar-refractivity contribution in [3.05, 3.63) is 112 Å². The van der Waals surface area contributed by atoms with Crippen LogP contribution < -0.4 is 10.6 Å². The largest absolute Gasteiger partial charge is 0.331 e. The van der Waals surface area contributed by atoms with Gasteiger partial charge in [-0.15, -0.1) is 0 Å². The quantitative estimate of drug-likeness (QED) is 0.0853. The summed E-state index contributed by atoms with van der Waals surface area (Å²) in [4.78, 5) is 46.2. The molecule has 5 aromatic rings. The van der Waals surface area contributed by atoms with Crippen molar-refractivity contribution in [1.82, 2.24) is 20.6 Å². The van der Waals surface area contributed by atoms with Crippen LogP contribution in [0.15, 0.2) is 95.0 Å². The third-order valence-electron chi connectivity index (χ3n) is 6.53. The number of carbonyl (C=O) groups is 2. The van der Waals surface area contributed by atoms with Crippen molar-refractivity contribution in [1.29, 1.82) is 0 Å². The minimum Gasteiger partial charge on any atom is -0.331 e. The molecule has 0 atom stereocenters. The summed E-state index contributed by atoms with van der Waals surface area (Å²) in [6.45, 7) is 3.99. The molecule has 2 amide bonds. The second-order valence-corrected chi connectivity index (χ2v) is 11.6. The molecule has 0 unspecified atom stereocenters. The number of thioether (sulfide) groups is 2. The first-order valence-electron chi connectivity index (χ1n) is 13.1. The Balaban J connectivity index is 1.28. The van der Waals surface area contributed by atoms with E-state index in [2.05, 4.69) is 20.6 Å². The smallest absolute Gasteiger partial charge is 0.269 e. The van der Waals surface area contributed by atoms with E-state index < -0.39 is 11.1 Å². The van der Waals surface area contributed by atoms with Crippen molar-refractivity contribution in [2.75, 3.05) is 11.5 Å². The van der Waals surface area contributed by atoms with E-state index >= 15 is 0 Å². The Morgan fingerprint density at radius 2 is 1.26 bits per heavy atom. The average molecular weight is 598 g/mol. The second kappa shape index (κ2) is 13.0. The van der Waals surface area contributed by atoms with Crippen molar-refractivity contribution in [3.8, 4) is 0 Å². The van der Waals surface area contributed by atoms with Gasteiger partial charge >= 0.3 is 0 Å². The number of aromatic nitrogens is 2. The maximum Gasteiger partial charge on any atom is 0.269 e. The number of non-ortho nitro benzene ring substituents is 1. The Morgan fingerprint density at radius 1 is 0.762 bits per heavy atom. The Hall–Kier alpha value is -4.48. The number of nitrogens with zero attached hydrogens (tertiary/aromatic N) is 3. The van der Waals surface area contributed by atoms with Crippen LogP contribution in [0, 0.1) is 24.0 Å². The predicted octanol–water partition coefficient (Wildman–Crippen LogP) is 6.12. The molecule has 2 aromatic heterocycles. The fraction of sp³-hybridized carbons (Fsp3) is 0.161. The number of fused-ring (bicyclic) bond motifs is 2. The fourth-order valence-corrected chi connectivity index (χ4v) is 6.06. The highest BCUT2D eigenvalue weighted by Crippen LogP contribution is 2.26. The molecule has 3 aromatic carbocycles. The highest BCUT2D eigenvalue weighted by molar-refractivity contribution is 8.00. The van der Waals surface area contributed by atoms with Crippen LogP contribution >= 0.6 is 23.5 Å². The summed E-state index contributed by atoms with van der Waals surface area (Å²) >= 11 is 2.55. The van der Waals surface area contributed by atoms with E-state index in [-0.39, 0.29) is 29.0 Å². The van der Waals surface area contributed by atoms with E-state index in [0.29, 0.717) is 15.6 Å². The summed E-state index contributed by atoms with van der Waals surface area (Å²) < 4.78 is 0. The lowest BCUT2D eigenvalue weighted by molar-refractivity contribution is -0.384. The van der Waals surface area contributed by atoms with Gasteiger partial charge in [-0.2, -0.15) is 0 Å². The molecule has 0 bridgehead atoms. The number of benzene rings is 3. The van der Waals surface area contributed by atoms with Crippen molar-refractivity contribution in [2.45, 2.75) is 30.1 Å². The zero-order valence-corrected chi connectivity index (χ0v) is 24.5. The first-order valence-corrected chi connectivity index (χ1v) is 15.1. The molecule has 42 heavy (non-hydrogen) atoms. The Labute approximate surface area is 250 Å². The van der Waals surface area contributed by atoms with Crippen LogP contribution in [0.1, 0.15) is 22.9 Å². The maximum atomic E-state index is 13.0. The molecule has 0 saturated heterocycles. The van der Waals surface area contributed by atoms with Gasteiger partial charge in [-0.1, -0.05) is 72.1 Å². The molecule has 212 valence electrons. The van der Waals surface area contributed by atoms with E-state index in [1.807, 2.05) is 74.5 Å². The van der Waals surface area contributed by atoms with Crippen LogP contribution in [-0.4, -0.2) is 38.2 Å². The van der Waals surface area contributed by atoms with Crippen molar-refractivity contribution in [2.24, 2.45) is 0 Å². The van der Waals surface area contributed by atoms with Gasteiger partial charge in [0.15, 0.2) is 0 Å². The standard InChI is InChI=1S/C31H27N5O4S2/c1-19-14-29(32-25-12-5-3-10-23(19)25)41-17-27(37)34-31(21-8-7-9-22(16-21)36(39)40)35-28(38)18-42-30-15-20(2)24-11-4-6-13-26(24)33-30/h3-16,31H,17-18H2,1-2H3,(H,34,37)(H,35,38).